The van der Waals surface area contributed by atoms with Crippen LogP contribution in [0.3, 0.4) is 0 Å². The van der Waals surface area contributed by atoms with E-state index in [9.17, 15) is 5.11 Å². The minimum Gasteiger partial charge on any atom is -0.385 e. The minimum absolute atomic E-state index is 0.173. The Hall–Kier alpha value is -0.910. The smallest absolute Gasteiger partial charge is 0.224 e. The van der Waals surface area contributed by atoms with Crippen LogP contribution < -0.4 is 5.32 Å². The fourth-order valence-corrected chi connectivity index (χ4v) is 2.09. The topological polar surface area (TPSA) is 67.3 Å². The van der Waals surface area contributed by atoms with Crippen LogP contribution in [0.5, 0.6) is 0 Å². The maximum absolute atomic E-state index is 10.3. The molecule has 1 aliphatic rings. The molecule has 94 valence electrons. The molecular formula is C11H16ClN3O2. The summed E-state index contributed by atoms with van der Waals surface area (Å²) in [5.41, 5.74) is -0.0547. The van der Waals surface area contributed by atoms with Gasteiger partial charge >= 0.3 is 0 Å². The summed E-state index contributed by atoms with van der Waals surface area (Å²) in [5.74, 6) is 0.620. The van der Waals surface area contributed by atoms with Crippen LogP contribution >= 0.6 is 11.6 Å². The molecule has 2 unspecified atom stereocenters. The van der Waals surface area contributed by atoms with E-state index in [1.807, 2.05) is 13.8 Å². The van der Waals surface area contributed by atoms with Crippen molar-refractivity contribution < 1.29 is 9.84 Å². The average Bonchev–Trinajstić information content (AvgIpc) is 2.56. The summed E-state index contributed by atoms with van der Waals surface area (Å²) >= 11 is 5.76. The van der Waals surface area contributed by atoms with E-state index < -0.39 is 5.60 Å². The van der Waals surface area contributed by atoms with Gasteiger partial charge in [-0.05, 0) is 25.4 Å². The number of aryl methyl sites for hydroxylation is 1. The van der Waals surface area contributed by atoms with Crippen LogP contribution in [0, 0.1) is 6.92 Å². The quantitative estimate of drug-likeness (QED) is 0.801. The number of rotatable bonds is 3. The maximum atomic E-state index is 10.3. The van der Waals surface area contributed by atoms with Gasteiger partial charge in [0.25, 0.3) is 0 Å². The fourth-order valence-electron chi connectivity index (χ4n) is 1.87. The number of ether oxygens (including phenoxy) is 1. The molecule has 2 atom stereocenters. The van der Waals surface area contributed by atoms with Gasteiger partial charge in [-0.2, -0.15) is 0 Å². The van der Waals surface area contributed by atoms with Crippen LogP contribution in [0.25, 0.3) is 0 Å². The molecule has 1 aliphatic heterocycles. The van der Waals surface area contributed by atoms with Crippen LogP contribution in [-0.2, 0) is 4.74 Å². The molecule has 2 heterocycles. The monoisotopic (exact) mass is 257 g/mol. The molecule has 17 heavy (non-hydrogen) atoms. The number of nitrogens with one attached hydrogen (secondary N) is 1. The first kappa shape index (κ1) is 12.5. The van der Waals surface area contributed by atoms with Crippen molar-refractivity contribution in [3.63, 3.8) is 0 Å². The van der Waals surface area contributed by atoms with Gasteiger partial charge < -0.3 is 15.2 Å². The lowest BCUT2D eigenvalue weighted by atomic mass is 9.97. The van der Waals surface area contributed by atoms with Crippen LogP contribution in [0.4, 0.5) is 5.82 Å². The molecule has 0 radical (unpaired) electrons. The lowest BCUT2D eigenvalue weighted by Gasteiger charge is -2.26. The van der Waals surface area contributed by atoms with Crippen molar-refractivity contribution in [2.24, 2.45) is 0 Å². The van der Waals surface area contributed by atoms with E-state index in [0.29, 0.717) is 25.4 Å². The highest BCUT2D eigenvalue weighted by molar-refractivity contribution is 6.28. The Balaban J connectivity index is 2.02. The van der Waals surface area contributed by atoms with Gasteiger partial charge in [0.15, 0.2) is 0 Å². The molecule has 2 rings (SSSR count). The van der Waals surface area contributed by atoms with Crippen molar-refractivity contribution in [2.45, 2.75) is 32.0 Å². The second kappa shape index (κ2) is 4.76. The minimum atomic E-state index is -0.842. The van der Waals surface area contributed by atoms with E-state index in [0.717, 1.165) is 5.69 Å². The van der Waals surface area contributed by atoms with Gasteiger partial charge in [-0.1, -0.05) is 0 Å². The number of hydrogen-bond acceptors (Lipinski definition) is 5. The molecule has 0 saturated carbocycles. The van der Waals surface area contributed by atoms with E-state index in [2.05, 4.69) is 15.3 Å². The zero-order valence-electron chi connectivity index (χ0n) is 9.90. The first-order valence-electron chi connectivity index (χ1n) is 5.59. The number of halogens is 1. The molecular weight excluding hydrogens is 242 g/mol. The van der Waals surface area contributed by atoms with E-state index in [-0.39, 0.29) is 11.4 Å². The summed E-state index contributed by atoms with van der Waals surface area (Å²) in [7, 11) is 0. The normalized spacial score (nSPS) is 28.4. The molecule has 0 aliphatic carbocycles. The summed E-state index contributed by atoms with van der Waals surface area (Å²) in [5, 5.41) is 13.6. The van der Waals surface area contributed by atoms with Crippen molar-refractivity contribution in [1.29, 1.82) is 0 Å². The summed E-state index contributed by atoms with van der Waals surface area (Å²) in [6.07, 6.45) is 0.451. The molecule has 2 N–H and O–H groups in total. The third kappa shape index (κ3) is 2.86. The average molecular weight is 258 g/mol. The second-order valence-corrected chi connectivity index (χ2v) is 4.72. The standard InChI is InChI=1S/C11H16ClN3O2/c1-7-5-9(15-10(12)14-7)13-6-11(16)3-4-17-8(11)2/h5,8,16H,3-4,6H2,1-2H3,(H,13,14,15). The first-order chi connectivity index (χ1) is 7.99. The highest BCUT2D eigenvalue weighted by atomic mass is 35.5. The first-order valence-corrected chi connectivity index (χ1v) is 5.96. The van der Waals surface area contributed by atoms with Crippen LogP contribution in [0.15, 0.2) is 6.07 Å². The zero-order chi connectivity index (χ0) is 12.5. The highest BCUT2D eigenvalue weighted by Gasteiger charge is 2.39. The Kier molecular flexibility index (Phi) is 3.51. The van der Waals surface area contributed by atoms with Crippen molar-refractivity contribution in [3.8, 4) is 0 Å². The third-order valence-corrected chi connectivity index (χ3v) is 3.23. The zero-order valence-corrected chi connectivity index (χ0v) is 10.7. The number of aromatic nitrogens is 2. The van der Waals surface area contributed by atoms with Crippen LogP contribution in [0.1, 0.15) is 19.0 Å². The van der Waals surface area contributed by atoms with E-state index in [1.165, 1.54) is 0 Å². The van der Waals surface area contributed by atoms with Gasteiger partial charge in [-0.25, -0.2) is 9.97 Å². The molecule has 0 bridgehead atoms. The Morgan fingerprint density at radius 1 is 1.65 bits per heavy atom. The predicted molar refractivity (Wildman–Crippen MR) is 65.2 cm³/mol. The molecule has 1 aromatic rings. The van der Waals surface area contributed by atoms with Gasteiger partial charge in [0.05, 0.1) is 6.10 Å². The van der Waals surface area contributed by atoms with E-state index in [1.54, 1.807) is 6.07 Å². The van der Waals surface area contributed by atoms with E-state index in [4.69, 9.17) is 16.3 Å². The van der Waals surface area contributed by atoms with Crippen LogP contribution in [0.2, 0.25) is 5.28 Å². The number of anilines is 1. The molecule has 6 heteroatoms. The summed E-state index contributed by atoms with van der Waals surface area (Å²) in [6.45, 7) is 4.69. The van der Waals surface area contributed by atoms with Gasteiger partial charge in [0.2, 0.25) is 5.28 Å². The molecule has 5 nitrogen and oxygen atoms in total. The van der Waals surface area contributed by atoms with Crippen LogP contribution in [-0.4, -0.2) is 39.9 Å². The van der Waals surface area contributed by atoms with Crippen molar-refractivity contribution in [3.05, 3.63) is 17.0 Å². The molecule has 0 aromatic carbocycles. The lowest BCUT2D eigenvalue weighted by Crippen LogP contribution is -2.43. The Morgan fingerprint density at radius 3 is 3.00 bits per heavy atom. The van der Waals surface area contributed by atoms with E-state index >= 15 is 0 Å². The SMILES string of the molecule is Cc1cc(NCC2(O)CCOC2C)nc(Cl)n1. The number of aliphatic hydroxyl groups is 1. The lowest BCUT2D eigenvalue weighted by molar-refractivity contribution is -0.0176. The fraction of sp³-hybridized carbons (Fsp3) is 0.636. The molecule has 0 spiro atoms. The van der Waals surface area contributed by atoms with Gasteiger partial charge in [0, 0.05) is 31.3 Å². The van der Waals surface area contributed by atoms with Crippen molar-refractivity contribution >= 4 is 17.4 Å². The van der Waals surface area contributed by atoms with Gasteiger partial charge in [-0.3, -0.25) is 0 Å². The molecule has 1 saturated heterocycles. The predicted octanol–water partition coefficient (Wildman–Crippen LogP) is 1.39. The molecule has 1 aromatic heterocycles. The Morgan fingerprint density at radius 2 is 2.41 bits per heavy atom. The Bertz CT molecular complexity index is 395. The van der Waals surface area contributed by atoms with Gasteiger partial charge in [0.1, 0.15) is 11.4 Å². The second-order valence-electron chi connectivity index (χ2n) is 4.38. The van der Waals surface area contributed by atoms with Crippen molar-refractivity contribution in [2.75, 3.05) is 18.5 Å². The third-order valence-electron chi connectivity index (χ3n) is 3.06. The summed E-state index contributed by atoms with van der Waals surface area (Å²) in [4.78, 5) is 8.02. The number of hydrogen-bond donors (Lipinski definition) is 2. The highest BCUT2D eigenvalue weighted by Crippen LogP contribution is 2.26. The van der Waals surface area contributed by atoms with Gasteiger partial charge in [-0.15, -0.1) is 0 Å². The Labute approximate surface area is 105 Å². The maximum Gasteiger partial charge on any atom is 0.224 e. The molecule has 1 fully saturated rings. The number of nitrogens with zero attached hydrogens (tertiary/aromatic N) is 2. The summed E-state index contributed by atoms with van der Waals surface area (Å²) in [6, 6.07) is 1.79. The van der Waals surface area contributed by atoms with Crippen molar-refractivity contribution in [1.82, 2.24) is 9.97 Å². The molecule has 0 amide bonds. The largest absolute Gasteiger partial charge is 0.385 e. The summed E-state index contributed by atoms with van der Waals surface area (Å²) < 4.78 is 5.36.